The molecule has 4 nitrogen and oxygen atoms in total. The van der Waals surface area contributed by atoms with Gasteiger partial charge in [-0.3, -0.25) is 0 Å². The Morgan fingerprint density at radius 3 is 2.16 bits per heavy atom. The molecule has 0 bridgehead atoms. The molecule has 0 radical (unpaired) electrons. The quantitative estimate of drug-likeness (QED) is 0.853. The summed E-state index contributed by atoms with van der Waals surface area (Å²) < 4.78 is 0. The molecule has 0 aliphatic carbocycles. The number of rotatable bonds is 2. The van der Waals surface area contributed by atoms with Crippen LogP contribution < -0.4 is 5.73 Å². The molecule has 100 valence electrons. The van der Waals surface area contributed by atoms with Gasteiger partial charge in [0, 0.05) is 11.4 Å². The van der Waals surface area contributed by atoms with Crippen LogP contribution in [0.3, 0.4) is 0 Å². The smallest absolute Gasteiger partial charge is 0.194 e. The minimum atomic E-state index is 0.245. The number of nitrogens with two attached hydrogens (primary N) is 1. The second-order valence-electron chi connectivity index (χ2n) is 4.05. The predicted octanol–water partition coefficient (Wildman–Crippen LogP) is 3.84. The van der Waals surface area contributed by atoms with Crippen LogP contribution in [0.5, 0.6) is 0 Å². The van der Waals surface area contributed by atoms with Gasteiger partial charge in [-0.05, 0) is 44.2 Å². The Hall–Kier alpha value is -1.04. The summed E-state index contributed by atoms with van der Waals surface area (Å²) in [5, 5.41) is 1.91. The summed E-state index contributed by atoms with van der Waals surface area (Å²) in [6, 6.07) is 1.57. The maximum Gasteiger partial charge on any atom is 0.194 e. The molecule has 0 atom stereocenters. The molecule has 2 aromatic rings. The van der Waals surface area contributed by atoms with E-state index in [1.165, 1.54) is 11.8 Å². The lowest BCUT2D eigenvalue weighted by molar-refractivity contribution is 0.878. The molecule has 0 unspecified atom stereocenters. The Bertz CT molecular complexity index is 623. The minimum Gasteiger partial charge on any atom is -0.382 e. The number of anilines is 1. The second-order valence-corrected chi connectivity index (χ2v) is 5.82. The predicted molar refractivity (Wildman–Crippen MR) is 79.0 cm³/mol. The molecule has 0 aliphatic heterocycles. The number of pyridine rings is 1. The number of nitrogens with zero attached hydrogens (tertiary/aromatic N) is 3. The van der Waals surface area contributed by atoms with Gasteiger partial charge in [0.15, 0.2) is 5.16 Å². The standard InChI is InChI=1S/C12H12Cl2N4S/c1-5-6(2)16-12(17-7(5)3)19-11-9(14)4-8(13)10(15)18-11/h4H,1-3H3,(H2,15,18). The van der Waals surface area contributed by atoms with Crippen LogP contribution in [0.2, 0.25) is 10.0 Å². The molecule has 0 fully saturated rings. The van der Waals surface area contributed by atoms with Crippen LogP contribution in [0.1, 0.15) is 17.0 Å². The molecule has 0 spiro atoms. The highest BCUT2D eigenvalue weighted by Gasteiger charge is 2.12. The molecule has 2 rings (SSSR count). The number of nitrogen functional groups attached to an aromatic ring is 1. The van der Waals surface area contributed by atoms with Crippen LogP contribution in [-0.4, -0.2) is 15.0 Å². The highest BCUT2D eigenvalue weighted by Crippen LogP contribution is 2.33. The third kappa shape index (κ3) is 3.11. The first kappa shape index (κ1) is 14.4. The molecule has 0 amide bonds. The third-order valence-electron chi connectivity index (χ3n) is 2.72. The van der Waals surface area contributed by atoms with Crippen molar-refractivity contribution < 1.29 is 0 Å². The third-order valence-corrected chi connectivity index (χ3v) is 4.30. The SMILES string of the molecule is Cc1nc(Sc2nc(N)c(Cl)cc2Cl)nc(C)c1C. The summed E-state index contributed by atoms with van der Waals surface area (Å²) in [4.78, 5) is 12.9. The van der Waals surface area contributed by atoms with Crippen LogP contribution in [0.15, 0.2) is 16.2 Å². The van der Waals surface area contributed by atoms with Crippen molar-refractivity contribution in [2.24, 2.45) is 0 Å². The van der Waals surface area contributed by atoms with Crippen LogP contribution in [0, 0.1) is 20.8 Å². The fourth-order valence-electron chi connectivity index (χ4n) is 1.41. The number of aryl methyl sites for hydroxylation is 2. The number of aromatic nitrogens is 3. The van der Waals surface area contributed by atoms with E-state index in [0.29, 0.717) is 20.2 Å². The first-order valence-corrected chi connectivity index (χ1v) is 7.07. The van der Waals surface area contributed by atoms with Gasteiger partial charge in [-0.2, -0.15) is 0 Å². The number of halogens is 2. The molecule has 0 saturated carbocycles. The fraction of sp³-hybridized carbons (Fsp3) is 0.250. The van der Waals surface area contributed by atoms with Crippen molar-refractivity contribution in [3.63, 3.8) is 0 Å². The van der Waals surface area contributed by atoms with Crippen molar-refractivity contribution in [2.45, 2.75) is 31.0 Å². The Morgan fingerprint density at radius 2 is 1.58 bits per heavy atom. The van der Waals surface area contributed by atoms with E-state index in [2.05, 4.69) is 15.0 Å². The van der Waals surface area contributed by atoms with Gasteiger partial charge in [0.2, 0.25) is 0 Å². The average molecular weight is 315 g/mol. The first-order chi connectivity index (χ1) is 8.88. The van der Waals surface area contributed by atoms with Gasteiger partial charge in [0.1, 0.15) is 10.8 Å². The van der Waals surface area contributed by atoms with Crippen molar-refractivity contribution in [1.29, 1.82) is 0 Å². The first-order valence-electron chi connectivity index (χ1n) is 5.49. The maximum atomic E-state index is 6.08. The van der Waals surface area contributed by atoms with E-state index >= 15 is 0 Å². The normalized spacial score (nSPS) is 10.8. The van der Waals surface area contributed by atoms with E-state index in [1.807, 2.05) is 20.8 Å². The zero-order chi connectivity index (χ0) is 14.2. The van der Waals surface area contributed by atoms with Gasteiger partial charge in [-0.25, -0.2) is 15.0 Å². The van der Waals surface area contributed by atoms with Gasteiger partial charge in [-0.15, -0.1) is 0 Å². The Labute approximate surface area is 125 Å². The van der Waals surface area contributed by atoms with Crippen LogP contribution >= 0.6 is 35.0 Å². The molecule has 0 saturated heterocycles. The van der Waals surface area contributed by atoms with Crippen LogP contribution in [-0.2, 0) is 0 Å². The zero-order valence-electron chi connectivity index (χ0n) is 10.7. The lowest BCUT2D eigenvalue weighted by Gasteiger charge is -2.08. The monoisotopic (exact) mass is 314 g/mol. The maximum absolute atomic E-state index is 6.08. The molecule has 2 aromatic heterocycles. The van der Waals surface area contributed by atoms with E-state index < -0.39 is 0 Å². The van der Waals surface area contributed by atoms with Gasteiger partial charge in [0.05, 0.1) is 10.0 Å². The largest absolute Gasteiger partial charge is 0.382 e. The van der Waals surface area contributed by atoms with Gasteiger partial charge in [-0.1, -0.05) is 23.2 Å². The van der Waals surface area contributed by atoms with E-state index in [9.17, 15) is 0 Å². The summed E-state index contributed by atoms with van der Waals surface area (Å²) >= 11 is 13.2. The van der Waals surface area contributed by atoms with Crippen LogP contribution in [0.25, 0.3) is 0 Å². The van der Waals surface area contributed by atoms with E-state index in [-0.39, 0.29) is 5.82 Å². The highest BCUT2D eigenvalue weighted by atomic mass is 35.5. The topological polar surface area (TPSA) is 64.7 Å². The van der Waals surface area contributed by atoms with Gasteiger partial charge < -0.3 is 5.73 Å². The van der Waals surface area contributed by atoms with E-state index in [0.717, 1.165) is 17.0 Å². The number of hydrogen-bond donors (Lipinski definition) is 1. The zero-order valence-corrected chi connectivity index (χ0v) is 13.0. The fourth-order valence-corrected chi connectivity index (χ4v) is 2.72. The second kappa shape index (κ2) is 5.53. The summed E-state index contributed by atoms with van der Waals surface area (Å²) in [5.74, 6) is 0.245. The number of hydrogen-bond acceptors (Lipinski definition) is 5. The lowest BCUT2D eigenvalue weighted by Crippen LogP contribution is -1.99. The van der Waals surface area contributed by atoms with Crippen molar-refractivity contribution in [1.82, 2.24) is 15.0 Å². The highest BCUT2D eigenvalue weighted by molar-refractivity contribution is 7.99. The molecule has 7 heteroatoms. The summed E-state index contributed by atoms with van der Waals surface area (Å²) in [6.45, 7) is 5.88. The van der Waals surface area contributed by atoms with Gasteiger partial charge >= 0.3 is 0 Å². The van der Waals surface area contributed by atoms with Crippen molar-refractivity contribution in [3.8, 4) is 0 Å². The van der Waals surface area contributed by atoms with Crippen molar-refractivity contribution in [3.05, 3.63) is 33.1 Å². The summed E-state index contributed by atoms with van der Waals surface area (Å²) in [6.07, 6.45) is 0. The lowest BCUT2D eigenvalue weighted by atomic mass is 10.2. The Balaban J connectivity index is 2.39. The van der Waals surface area contributed by atoms with E-state index in [4.69, 9.17) is 28.9 Å². The van der Waals surface area contributed by atoms with Crippen molar-refractivity contribution >= 4 is 40.8 Å². The molecule has 2 heterocycles. The Morgan fingerprint density at radius 1 is 1.00 bits per heavy atom. The minimum absolute atomic E-state index is 0.245. The molecule has 0 aliphatic rings. The molecular weight excluding hydrogens is 303 g/mol. The average Bonchev–Trinajstić information content (AvgIpc) is 2.33. The molecule has 0 aromatic carbocycles. The summed E-state index contributed by atoms with van der Waals surface area (Å²) in [7, 11) is 0. The molecule has 2 N–H and O–H groups in total. The van der Waals surface area contributed by atoms with Crippen molar-refractivity contribution in [2.75, 3.05) is 5.73 Å². The van der Waals surface area contributed by atoms with E-state index in [1.54, 1.807) is 6.07 Å². The molecule has 19 heavy (non-hydrogen) atoms. The summed E-state index contributed by atoms with van der Waals surface area (Å²) in [5.41, 5.74) is 8.63. The van der Waals surface area contributed by atoms with Crippen LogP contribution in [0.4, 0.5) is 5.82 Å². The van der Waals surface area contributed by atoms with Gasteiger partial charge in [0.25, 0.3) is 0 Å². The Kier molecular flexibility index (Phi) is 4.18. The molecular formula is C12H12Cl2N4S.